The van der Waals surface area contributed by atoms with Crippen LogP contribution in [0.15, 0.2) is 59.5 Å². The summed E-state index contributed by atoms with van der Waals surface area (Å²) in [5, 5.41) is 0. The first-order valence-electron chi connectivity index (χ1n) is 9.67. The third-order valence-electron chi connectivity index (χ3n) is 4.57. The second kappa shape index (κ2) is 10.2. The van der Waals surface area contributed by atoms with Crippen molar-refractivity contribution in [2.75, 3.05) is 31.6 Å². The van der Waals surface area contributed by atoms with Crippen molar-refractivity contribution in [2.45, 2.75) is 25.2 Å². The maximum absolute atomic E-state index is 12.9. The Balaban J connectivity index is 2.21. The summed E-state index contributed by atoms with van der Waals surface area (Å²) in [6.45, 7) is 4.67. The highest BCUT2D eigenvalue weighted by molar-refractivity contribution is 7.92. The molecule has 7 nitrogen and oxygen atoms in total. The lowest BCUT2D eigenvalue weighted by molar-refractivity contribution is -0.140. The Labute approximate surface area is 178 Å². The van der Waals surface area contributed by atoms with Gasteiger partial charge < -0.3 is 9.64 Å². The fourth-order valence-electron chi connectivity index (χ4n) is 2.93. The van der Waals surface area contributed by atoms with E-state index in [0.29, 0.717) is 17.8 Å². The molecular weight excluding hydrogens is 404 g/mol. The summed E-state index contributed by atoms with van der Waals surface area (Å²) in [5.41, 5.74) is 0.908. The minimum atomic E-state index is -3.75. The maximum atomic E-state index is 12.9. The molecule has 162 valence electrons. The van der Waals surface area contributed by atoms with E-state index < -0.39 is 10.0 Å². The number of carbonyl (C=O) groups excluding carboxylic acids is 2. The number of ether oxygens (including phenoxy) is 1. The van der Waals surface area contributed by atoms with E-state index in [1.54, 1.807) is 29.2 Å². The quantitative estimate of drug-likeness (QED) is 0.568. The predicted octanol–water partition coefficient (Wildman–Crippen LogP) is 3.17. The summed E-state index contributed by atoms with van der Waals surface area (Å²) < 4.78 is 31.6. The van der Waals surface area contributed by atoms with Crippen LogP contribution in [0.5, 0.6) is 0 Å². The summed E-state index contributed by atoms with van der Waals surface area (Å²) in [4.78, 5) is 26.1. The van der Waals surface area contributed by atoms with Gasteiger partial charge in [-0.2, -0.15) is 0 Å². The van der Waals surface area contributed by atoms with Crippen LogP contribution < -0.4 is 4.31 Å². The lowest BCUT2D eigenvalue weighted by atomic mass is 10.1. The van der Waals surface area contributed by atoms with Crippen molar-refractivity contribution in [1.29, 1.82) is 0 Å². The third kappa shape index (κ3) is 5.82. The molecule has 0 heterocycles. The molecule has 8 heteroatoms. The summed E-state index contributed by atoms with van der Waals surface area (Å²) in [6, 6.07) is 14.6. The average Bonchev–Trinajstić information content (AvgIpc) is 2.75. The molecule has 0 saturated carbocycles. The van der Waals surface area contributed by atoms with Crippen LogP contribution in [0.2, 0.25) is 0 Å². The Bertz CT molecular complexity index is 957. The molecule has 0 fully saturated rings. The Kier molecular flexibility index (Phi) is 8.00. The molecule has 0 bridgehead atoms. The van der Waals surface area contributed by atoms with Gasteiger partial charge in [0.1, 0.15) is 0 Å². The number of esters is 1. The molecule has 0 atom stereocenters. The van der Waals surface area contributed by atoms with Crippen molar-refractivity contribution in [1.82, 2.24) is 4.90 Å². The summed E-state index contributed by atoms with van der Waals surface area (Å²) in [5.74, 6) is -0.430. The molecule has 0 N–H and O–H groups in total. The number of hydrogen-bond donors (Lipinski definition) is 0. The van der Waals surface area contributed by atoms with Crippen LogP contribution in [0.1, 0.15) is 30.6 Å². The Hall–Kier alpha value is -2.87. The molecular formula is C22H28N2O5S. The zero-order valence-electron chi connectivity index (χ0n) is 17.7. The minimum Gasteiger partial charge on any atom is -0.469 e. The number of carbonyl (C=O) groups is 2. The van der Waals surface area contributed by atoms with Crippen molar-refractivity contribution in [2.24, 2.45) is 5.92 Å². The van der Waals surface area contributed by atoms with Gasteiger partial charge in [-0.3, -0.25) is 13.9 Å². The molecule has 30 heavy (non-hydrogen) atoms. The molecule has 0 aliphatic rings. The van der Waals surface area contributed by atoms with Crippen LogP contribution in [-0.2, 0) is 19.6 Å². The van der Waals surface area contributed by atoms with Crippen LogP contribution in [0.25, 0.3) is 0 Å². The normalized spacial score (nSPS) is 11.2. The number of methoxy groups -OCH3 is 1. The Morgan fingerprint density at radius 3 is 2.13 bits per heavy atom. The van der Waals surface area contributed by atoms with Gasteiger partial charge in [0, 0.05) is 25.7 Å². The number of rotatable bonds is 9. The zero-order chi connectivity index (χ0) is 22.3. The van der Waals surface area contributed by atoms with E-state index in [2.05, 4.69) is 4.74 Å². The van der Waals surface area contributed by atoms with Crippen LogP contribution in [-0.4, -0.2) is 52.4 Å². The average molecular weight is 433 g/mol. The number of sulfonamides is 1. The highest BCUT2D eigenvalue weighted by Crippen LogP contribution is 2.22. The molecule has 0 aromatic heterocycles. The highest BCUT2D eigenvalue weighted by atomic mass is 32.2. The zero-order valence-corrected chi connectivity index (χ0v) is 18.6. The molecule has 0 spiro atoms. The van der Waals surface area contributed by atoms with Gasteiger partial charge in [0.15, 0.2) is 0 Å². The van der Waals surface area contributed by atoms with E-state index >= 15 is 0 Å². The van der Waals surface area contributed by atoms with E-state index in [1.165, 1.54) is 42.7 Å². The molecule has 2 aromatic carbocycles. The fourth-order valence-corrected chi connectivity index (χ4v) is 4.13. The van der Waals surface area contributed by atoms with Crippen LogP contribution in [0.3, 0.4) is 0 Å². The van der Waals surface area contributed by atoms with Crippen molar-refractivity contribution in [3.63, 3.8) is 0 Å². The van der Waals surface area contributed by atoms with Gasteiger partial charge in [-0.05, 0) is 42.3 Å². The van der Waals surface area contributed by atoms with E-state index in [9.17, 15) is 18.0 Å². The molecule has 1 amide bonds. The van der Waals surface area contributed by atoms with Gasteiger partial charge in [0.2, 0.25) is 0 Å². The third-order valence-corrected chi connectivity index (χ3v) is 6.37. The van der Waals surface area contributed by atoms with Crippen molar-refractivity contribution in [3.05, 3.63) is 60.2 Å². The molecule has 0 unspecified atom stereocenters. The standard InChI is InChI=1S/C22H28N2O5S/c1-17(2)16-24(15-14-21(25)29-4)22(26)18-10-12-20(13-11-18)30(27,28)23(3)19-8-6-5-7-9-19/h5-13,17H,14-16H2,1-4H3. The second-order valence-electron chi connectivity index (χ2n) is 7.30. The largest absolute Gasteiger partial charge is 0.469 e. The molecule has 2 aromatic rings. The fraction of sp³-hybridized carbons (Fsp3) is 0.364. The van der Waals surface area contributed by atoms with Crippen molar-refractivity contribution in [3.8, 4) is 0 Å². The number of amides is 1. The van der Waals surface area contributed by atoms with Crippen LogP contribution in [0.4, 0.5) is 5.69 Å². The summed E-state index contributed by atoms with van der Waals surface area (Å²) in [6.07, 6.45) is 0.100. The van der Waals surface area contributed by atoms with Gasteiger partial charge in [-0.1, -0.05) is 32.0 Å². The smallest absolute Gasteiger partial charge is 0.307 e. The predicted molar refractivity (Wildman–Crippen MR) is 116 cm³/mol. The van der Waals surface area contributed by atoms with Gasteiger partial charge >= 0.3 is 5.97 Å². The number of anilines is 1. The van der Waals surface area contributed by atoms with Crippen molar-refractivity contribution >= 4 is 27.6 Å². The number of nitrogens with zero attached hydrogens (tertiary/aromatic N) is 2. The maximum Gasteiger partial charge on any atom is 0.307 e. The van der Waals surface area contributed by atoms with E-state index in [0.717, 1.165) is 0 Å². The highest BCUT2D eigenvalue weighted by Gasteiger charge is 2.23. The number of para-hydroxylation sites is 1. The van der Waals surface area contributed by atoms with E-state index in [-0.39, 0.29) is 35.7 Å². The first-order chi connectivity index (χ1) is 14.2. The monoisotopic (exact) mass is 432 g/mol. The van der Waals surface area contributed by atoms with Crippen molar-refractivity contribution < 1.29 is 22.7 Å². The number of hydrogen-bond acceptors (Lipinski definition) is 5. The summed E-state index contributed by atoms with van der Waals surface area (Å²) >= 11 is 0. The molecule has 0 saturated heterocycles. The molecule has 2 rings (SSSR count). The Morgan fingerprint density at radius 1 is 1.00 bits per heavy atom. The van der Waals surface area contributed by atoms with E-state index in [1.807, 2.05) is 19.9 Å². The molecule has 0 radical (unpaired) electrons. The van der Waals surface area contributed by atoms with Gasteiger partial charge in [-0.15, -0.1) is 0 Å². The number of benzene rings is 2. The second-order valence-corrected chi connectivity index (χ2v) is 9.27. The Morgan fingerprint density at radius 2 is 1.60 bits per heavy atom. The lowest BCUT2D eigenvalue weighted by Crippen LogP contribution is -2.36. The summed E-state index contributed by atoms with van der Waals surface area (Å²) in [7, 11) is -0.956. The van der Waals surface area contributed by atoms with Gasteiger partial charge in [-0.25, -0.2) is 8.42 Å². The van der Waals surface area contributed by atoms with Gasteiger partial charge in [0.05, 0.1) is 24.1 Å². The van der Waals surface area contributed by atoms with Crippen LogP contribution in [0, 0.1) is 5.92 Å². The van der Waals surface area contributed by atoms with Crippen LogP contribution >= 0.6 is 0 Å². The molecule has 0 aliphatic heterocycles. The van der Waals surface area contributed by atoms with E-state index in [4.69, 9.17) is 0 Å². The minimum absolute atomic E-state index is 0.0929. The first-order valence-corrected chi connectivity index (χ1v) is 11.1. The molecule has 0 aliphatic carbocycles. The SMILES string of the molecule is COC(=O)CCN(CC(C)C)C(=O)c1ccc(S(=O)(=O)N(C)c2ccccc2)cc1. The first kappa shape index (κ1) is 23.4. The van der Waals surface area contributed by atoms with Gasteiger partial charge in [0.25, 0.3) is 15.9 Å². The topological polar surface area (TPSA) is 84.0 Å². The lowest BCUT2D eigenvalue weighted by Gasteiger charge is -2.24.